The molecule has 1 aromatic heterocycles. The van der Waals surface area contributed by atoms with Crippen LogP contribution in [0.15, 0.2) is 48.7 Å². The molecule has 2 fully saturated rings. The molecule has 0 spiro atoms. The zero-order valence-corrected chi connectivity index (χ0v) is 21.2. The van der Waals surface area contributed by atoms with Crippen molar-refractivity contribution in [3.8, 4) is 11.5 Å². The van der Waals surface area contributed by atoms with Crippen molar-refractivity contribution in [2.75, 3.05) is 26.2 Å². The van der Waals surface area contributed by atoms with Crippen LogP contribution in [0.25, 0.3) is 0 Å². The summed E-state index contributed by atoms with van der Waals surface area (Å²) in [5.74, 6) is -0.990. The summed E-state index contributed by atoms with van der Waals surface area (Å²) < 4.78 is 73.6. The van der Waals surface area contributed by atoms with E-state index >= 15 is 0 Å². The molecule has 2 aromatic rings. The van der Waals surface area contributed by atoms with Crippen LogP contribution in [0.3, 0.4) is 0 Å². The number of alkyl halides is 3. The predicted molar refractivity (Wildman–Crippen MR) is 129 cm³/mol. The van der Waals surface area contributed by atoms with Crippen LogP contribution < -0.4 is 15.0 Å². The normalized spacial score (nSPS) is 19.6. The fourth-order valence-electron chi connectivity index (χ4n) is 4.85. The molecule has 2 aliphatic rings. The fourth-order valence-corrected chi connectivity index (χ4v) is 7.01. The van der Waals surface area contributed by atoms with Crippen molar-refractivity contribution in [3.05, 3.63) is 54.4 Å². The zero-order chi connectivity index (χ0) is 27.4. The number of nitrogens with one attached hydrogen (secondary N) is 1. The minimum atomic E-state index is -4.79. The molecular formula is C24H29F3N4O6S. The van der Waals surface area contributed by atoms with Gasteiger partial charge in [-0.05, 0) is 62.1 Å². The lowest BCUT2D eigenvalue weighted by Crippen LogP contribution is -2.62. The summed E-state index contributed by atoms with van der Waals surface area (Å²) in [5, 5.41) is 9.41. The van der Waals surface area contributed by atoms with Crippen LogP contribution in [0.2, 0.25) is 0 Å². The average molecular weight is 559 g/mol. The second-order valence-electron chi connectivity index (χ2n) is 9.27. The first-order valence-electron chi connectivity index (χ1n) is 12.1. The van der Waals surface area contributed by atoms with Gasteiger partial charge < -0.3 is 9.47 Å². The summed E-state index contributed by atoms with van der Waals surface area (Å²) in [6, 6.07) is 10.5. The SMILES string of the molecule is O=C(NO)C1(S(=O)(=O)N2CCC(Oc3ccc(OC(F)(F)F)cc3)CC2)CCN(Cc2ccccn2)CC1. The first kappa shape index (κ1) is 28.1. The Morgan fingerprint density at radius 3 is 2.24 bits per heavy atom. The van der Waals surface area contributed by atoms with E-state index in [2.05, 4.69) is 9.72 Å². The van der Waals surface area contributed by atoms with Crippen molar-refractivity contribution in [2.45, 2.75) is 49.4 Å². The number of hydrogen-bond donors (Lipinski definition) is 2. The zero-order valence-electron chi connectivity index (χ0n) is 20.4. The molecule has 0 radical (unpaired) electrons. The number of halogens is 3. The Bertz CT molecular complexity index is 1180. The van der Waals surface area contributed by atoms with Crippen LogP contribution in [0, 0.1) is 0 Å². The largest absolute Gasteiger partial charge is 0.573 e. The third-order valence-corrected chi connectivity index (χ3v) is 9.51. The topological polar surface area (TPSA) is 121 Å². The van der Waals surface area contributed by atoms with Crippen LogP contribution >= 0.6 is 0 Å². The lowest BCUT2D eigenvalue weighted by atomic mass is 9.94. The second kappa shape index (κ2) is 11.4. The first-order valence-corrected chi connectivity index (χ1v) is 13.6. The van der Waals surface area contributed by atoms with Crippen molar-refractivity contribution in [3.63, 3.8) is 0 Å². The van der Waals surface area contributed by atoms with Gasteiger partial charge in [0.05, 0.1) is 5.69 Å². The molecule has 4 rings (SSSR count). The van der Waals surface area contributed by atoms with E-state index in [4.69, 9.17) is 4.74 Å². The maximum absolute atomic E-state index is 13.7. The highest BCUT2D eigenvalue weighted by molar-refractivity contribution is 7.91. The number of amides is 1. The molecule has 0 aliphatic carbocycles. The lowest BCUT2D eigenvalue weighted by molar-refractivity contribution is -0.274. The number of pyridine rings is 1. The minimum Gasteiger partial charge on any atom is -0.490 e. The Labute approximate surface area is 218 Å². The van der Waals surface area contributed by atoms with E-state index in [0.717, 1.165) is 17.8 Å². The van der Waals surface area contributed by atoms with Gasteiger partial charge in [0.25, 0.3) is 5.91 Å². The molecule has 2 saturated heterocycles. The molecule has 10 nitrogen and oxygen atoms in total. The number of hydrogen-bond acceptors (Lipinski definition) is 8. The highest BCUT2D eigenvalue weighted by Crippen LogP contribution is 2.36. The van der Waals surface area contributed by atoms with Gasteiger partial charge in [0, 0.05) is 38.9 Å². The molecule has 0 bridgehead atoms. The summed E-state index contributed by atoms with van der Waals surface area (Å²) >= 11 is 0. The van der Waals surface area contributed by atoms with Gasteiger partial charge in [0.2, 0.25) is 10.0 Å². The van der Waals surface area contributed by atoms with Gasteiger partial charge in [-0.15, -0.1) is 13.2 Å². The Balaban J connectivity index is 1.36. The van der Waals surface area contributed by atoms with Crippen molar-refractivity contribution in [1.82, 2.24) is 19.7 Å². The molecule has 208 valence electrons. The number of piperidine rings is 2. The summed E-state index contributed by atoms with van der Waals surface area (Å²) in [7, 11) is -4.13. The maximum Gasteiger partial charge on any atom is 0.573 e. The van der Waals surface area contributed by atoms with Gasteiger partial charge in [-0.1, -0.05) is 6.07 Å². The molecule has 38 heavy (non-hydrogen) atoms. The van der Waals surface area contributed by atoms with E-state index in [1.807, 2.05) is 17.0 Å². The molecule has 0 saturated carbocycles. The third kappa shape index (κ3) is 6.37. The molecule has 2 N–H and O–H groups in total. The number of aromatic nitrogens is 1. The highest BCUT2D eigenvalue weighted by atomic mass is 32.2. The number of nitrogens with zero attached hydrogens (tertiary/aromatic N) is 3. The lowest BCUT2D eigenvalue weighted by Gasteiger charge is -2.43. The molecule has 3 heterocycles. The van der Waals surface area contributed by atoms with Crippen molar-refractivity contribution >= 4 is 15.9 Å². The number of hydroxylamine groups is 1. The third-order valence-electron chi connectivity index (χ3n) is 6.89. The van der Waals surface area contributed by atoms with Gasteiger partial charge in [-0.2, -0.15) is 0 Å². The molecule has 14 heteroatoms. The molecule has 0 unspecified atom stereocenters. The number of ether oxygens (including phenoxy) is 2. The molecule has 1 amide bonds. The van der Waals surface area contributed by atoms with E-state index in [0.29, 0.717) is 38.2 Å². The van der Waals surface area contributed by atoms with E-state index < -0.39 is 27.0 Å². The highest BCUT2D eigenvalue weighted by Gasteiger charge is 2.55. The monoisotopic (exact) mass is 558 g/mol. The van der Waals surface area contributed by atoms with Crippen LogP contribution in [-0.4, -0.2) is 77.1 Å². The maximum atomic E-state index is 13.7. The summed E-state index contributed by atoms with van der Waals surface area (Å²) in [4.78, 5) is 19.1. The smallest absolute Gasteiger partial charge is 0.490 e. The molecular weight excluding hydrogens is 529 g/mol. The van der Waals surface area contributed by atoms with Crippen LogP contribution in [-0.2, 0) is 21.4 Å². The predicted octanol–water partition coefficient (Wildman–Crippen LogP) is 2.69. The van der Waals surface area contributed by atoms with E-state index in [-0.39, 0.29) is 37.8 Å². The summed E-state index contributed by atoms with van der Waals surface area (Å²) in [6.45, 7) is 1.37. The molecule has 1 aromatic carbocycles. The Morgan fingerprint density at radius 2 is 1.68 bits per heavy atom. The van der Waals surface area contributed by atoms with Crippen molar-refractivity contribution in [2.24, 2.45) is 0 Å². The average Bonchev–Trinajstić information content (AvgIpc) is 2.90. The number of sulfonamides is 1. The number of carbonyl (C=O) groups excluding carboxylic acids is 1. The van der Waals surface area contributed by atoms with E-state index in [1.165, 1.54) is 16.4 Å². The van der Waals surface area contributed by atoms with Crippen molar-refractivity contribution < 1.29 is 41.1 Å². The molecule has 0 atom stereocenters. The Morgan fingerprint density at radius 1 is 1.05 bits per heavy atom. The quantitative estimate of drug-likeness (QED) is 0.375. The first-order chi connectivity index (χ1) is 18.0. The minimum absolute atomic E-state index is 0.0112. The van der Waals surface area contributed by atoms with Gasteiger partial charge in [0.15, 0.2) is 4.75 Å². The van der Waals surface area contributed by atoms with Crippen LogP contribution in [0.4, 0.5) is 13.2 Å². The van der Waals surface area contributed by atoms with Gasteiger partial charge >= 0.3 is 6.36 Å². The van der Waals surface area contributed by atoms with E-state index in [1.54, 1.807) is 17.7 Å². The van der Waals surface area contributed by atoms with Crippen molar-refractivity contribution in [1.29, 1.82) is 0 Å². The van der Waals surface area contributed by atoms with Crippen LogP contribution in [0.1, 0.15) is 31.4 Å². The number of rotatable bonds is 8. The molecule has 2 aliphatic heterocycles. The Hall–Kier alpha value is -2.94. The fraction of sp³-hybridized carbons (Fsp3) is 0.500. The van der Waals surface area contributed by atoms with Crippen LogP contribution in [0.5, 0.6) is 11.5 Å². The van der Waals surface area contributed by atoms with Gasteiger partial charge in [-0.3, -0.25) is 19.9 Å². The summed E-state index contributed by atoms with van der Waals surface area (Å²) in [5.41, 5.74) is 2.40. The summed E-state index contributed by atoms with van der Waals surface area (Å²) in [6.07, 6.45) is -2.81. The van der Waals surface area contributed by atoms with Gasteiger partial charge in [0.1, 0.15) is 17.6 Å². The standard InChI is InChI=1S/C24H29F3N4O6S/c25-24(26,27)37-21-6-4-19(5-7-21)36-20-8-13-31(14-9-20)38(34,35)23(22(32)29-33)10-15-30(16-11-23)17-18-3-1-2-12-28-18/h1-7,12,20,33H,8-11,13-17H2,(H,29,32). The second-order valence-corrected chi connectivity index (χ2v) is 11.5. The number of benzene rings is 1. The number of likely N-dealkylation sites (tertiary alicyclic amines) is 1. The van der Waals surface area contributed by atoms with Gasteiger partial charge in [-0.25, -0.2) is 18.2 Å². The number of carbonyl (C=O) groups is 1. The Kier molecular flexibility index (Phi) is 8.45. The van der Waals surface area contributed by atoms with E-state index in [9.17, 15) is 31.6 Å².